The van der Waals surface area contributed by atoms with Crippen LogP contribution < -0.4 is 10.6 Å². The molecule has 0 radical (unpaired) electrons. The van der Waals surface area contributed by atoms with Gasteiger partial charge in [-0.25, -0.2) is 0 Å². The molecule has 0 heterocycles. The summed E-state index contributed by atoms with van der Waals surface area (Å²) in [5.74, 6) is 1.18. The lowest BCUT2D eigenvalue weighted by Crippen LogP contribution is -2.14. The van der Waals surface area contributed by atoms with Gasteiger partial charge in [0.15, 0.2) is 0 Å². The Bertz CT molecular complexity index is 643. The summed E-state index contributed by atoms with van der Waals surface area (Å²) in [5.41, 5.74) is 0. The van der Waals surface area contributed by atoms with E-state index in [1.165, 1.54) is 33.8 Å². The lowest BCUT2D eigenvalue weighted by molar-refractivity contribution is 1.12. The molecule has 3 rings (SSSR count). The molecule has 0 N–H and O–H groups in total. The summed E-state index contributed by atoms with van der Waals surface area (Å²) < 4.78 is 0. The molecular weight excluding hydrogens is 315 g/mol. The van der Waals surface area contributed by atoms with Crippen LogP contribution in [0.1, 0.15) is 6.42 Å². The first-order valence-electron chi connectivity index (χ1n) is 7.99. The van der Waals surface area contributed by atoms with Crippen molar-refractivity contribution in [3.05, 3.63) is 91.0 Å². The Morgan fingerprint density at radius 3 is 1.61 bits per heavy atom. The van der Waals surface area contributed by atoms with Crippen LogP contribution in [-0.2, 0) is 0 Å². The van der Waals surface area contributed by atoms with Crippen molar-refractivity contribution in [3.8, 4) is 0 Å². The highest BCUT2D eigenvalue weighted by molar-refractivity contribution is 7.99. The topological polar surface area (TPSA) is 0 Å². The smallest absolute Gasteiger partial charge is 0.00719 e. The van der Waals surface area contributed by atoms with Crippen LogP contribution in [0.5, 0.6) is 0 Å². The fraction of sp³-hybridized carbons (Fsp3) is 0.143. The molecule has 0 bridgehead atoms. The molecule has 0 amide bonds. The SMILES string of the molecule is c1ccc(SCCCP(c2ccccc2)c2ccccc2)cc1. The third-order valence-corrected chi connectivity index (χ3v) is 7.38. The van der Waals surface area contributed by atoms with E-state index in [0.29, 0.717) is 0 Å². The maximum absolute atomic E-state index is 2.28. The fourth-order valence-electron chi connectivity index (χ4n) is 2.55. The van der Waals surface area contributed by atoms with Gasteiger partial charge in [0.25, 0.3) is 0 Å². The minimum atomic E-state index is -0.245. The van der Waals surface area contributed by atoms with E-state index < -0.39 is 0 Å². The molecule has 0 unspecified atom stereocenters. The van der Waals surface area contributed by atoms with E-state index in [9.17, 15) is 0 Å². The molecule has 0 spiro atoms. The predicted molar refractivity (Wildman–Crippen MR) is 106 cm³/mol. The molecule has 23 heavy (non-hydrogen) atoms. The minimum absolute atomic E-state index is 0.245. The lowest BCUT2D eigenvalue weighted by atomic mass is 10.4. The minimum Gasteiger partial charge on any atom is -0.126 e. The number of hydrogen-bond acceptors (Lipinski definition) is 1. The molecule has 3 aromatic rings. The first kappa shape index (κ1) is 16.3. The van der Waals surface area contributed by atoms with Gasteiger partial charge in [-0.05, 0) is 49.0 Å². The Kier molecular flexibility index (Phi) is 6.32. The van der Waals surface area contributed by atoms with Crippen LogP contribution in [0.25, 0.3) is 0 Å². The van der Waals surface area contributed by atoms with Gasteiger partial charge in [0.2, 0.25) is 0 Å². The van der Waals surface area contributed by atoms with Crippen LogP contribution in [-0.4, -0.2) is 11.9 Å². The molecule has 0 aliphatic heterocycles. The van der Waals surface area contributed by atoms with E-state index >= 15 is 0 Å². The van der Waals surface area contributed by atoms with E-state index in [1.54, 1.807) is 0 Å². The quantitative estimate of drug-likeness (QED) is 0.320. The Morgan fingerprint density at radius 2 is 1.09 bits per heavy atom. The van der Waals surface area contributed by atoms with Crippen molar-refractivity contribution in [3.63, 3.8) is 0 Å². The summed E-state index contributed by atoms with van der Waals surface area (Å²) >= 11 is 1.96. The van der Waals surface area contributed by atoms with Gasteiger partial charge in [0, 0.05) is 4.90 Å². The zero-order valence-corrected chi connectivity index (χ0v) is 14.8. The third kappa shape index (κ3) is 4.96. The Balaban J connectivity index is 1.63. The average molecular weight is 336 g/mol. The maximum Gasteiger partial charge on any atom is 0.00719 e. The molecule has 0 nitrogen and oxygen atoms in total. The van der Waals surface area contributed by atoms with Crippen LogP contribution >= 0.6 is 19.7 Å². The molecule has 0 saturated heterocycles. The normalized spacial score (nSPS) is 10.8. The van der Waals surface area contributed by atoms with Crippen LogP contribution in [0.3, 0.4) is 0 Å². The zero-order chi connectivity index (χ0) is 15.7. The average Bonchev–Trinajstić information content (AvgIpc) is 2.64. The molecule has 0 fully saturated rings. The molecule has 116 valence electrons. The highest BCUT2D eigenvalue weighted by Gasteiger charge is 2.12. The highest BCUT2D eigenvalue weighted by Crippen LogP contribution is 2.35. The summed E-state index contributed by atoms with van der Waals surface area (Å²) in [6.45, 7) is 0. The summed E-state index contributed by atoms with van der Waals surface area (Å²) in [7, 11) is -0.245. The first-order valence-corrected chi connectivity index (χ1v) is 10.5. The largest absolute Gasteiger partial charge is 0.126 e. The Morgan fingerprint density at radius 1 is 0.609 bits per heavy atom. The molecule has 2 heteroatoms. The van der Waals surface area contributed by atoms with Gasteiger partial charge < -0.3 is 0 Å². The van der Waals surface area contributed by atoms with Crippen LogP contribution in [0.2, 0.25) is 0 Å². The van der Waals surface area contributed by atoms with Crippen LogP contribution in [0, 0.1) is 0 Å². The van der Waals surface area contributed by atoms with Crippen molar-refractivity contribution >= 4 is 30.3 Å². The van der Waals surface area contributed by atoms with E-state index in [2.05, 4.69) is 91.0 Å². The van der Waals surface area contributed by atoms with Crippen molar-refractivity contribution in [2.45, 2.75) is 11.3 Å². The zero-order valence-electron chi connectivity index (χ0n) is 13.1. The number of benzene rings is 3. The highest BCUT2D eigenvalue weighted by atomic mass is 32.2. The van der Waals surface area contributed by atoms with Crippen molar-refractivity contribution in [2.75, 3.05) is 11.9 Å². The van der Waals surface area contributed by atoms with Gasteiger partial charge in [-0.1, -0.05) is 78.9 Å². The lowest BCUT2D eigenvalue weighted by Gasteiger charge is -2.18. The number of rotatable bonds is 7. The maximum atomic E-state index is 2.28. The second-order valence-electron chi connectivity index (χ2n) is 5.34. The van der Waals surface area contributed by atoms with Crippen molar-refractivity contribution in [2.24, 2.45) is 0 Å². The van der Waals surface area contributed by atoms with E-state index in [4.69, 9.17) is 0 Å². The van der Waals surface area contributed by atoms with Gasteiger partial charge in [-0.2, -0.15) is 0 Å². The molecule has 3 aromatic carbocycles. The molecule has 0 aliphatic carbocycles. The Hall–Kier alpha value is -1.56. The molecular formula is C21H21PS. The van der Waals surface area contributed by atoms with Crippen molar-refractivity contribution in [1.82, 2.24) is 0 Å². The standard InChI is InChI=1S/C21H21PS/c1-4-11-19(12-5-1)22(20-13-6-2-7-14-20)17-10-18-23-21-15-8-3-9-16-21/h1-9,11-16H,10,17-18H2. The van der Waals surface area contributed by atoms with E-state index in [0.717, 1.165) is 0 Å². The van der Waals surface area contributed by atoms with Crippen molar-refractivity contribution in [1.29, 1.82) is 0 Å². The molecule has 0 saturated carbocycles. The van der Waals surface area contributed by atoms with Crippen LogP contribution in [0.4, 0.5) is 0 Å². The van der Waals surface area contributed by atoms with Gasteiger partial charge in [0.05, 0.1) is 0 Å². The number of hydrogen-bond donors (Lipinski definition) is 0. The molecule has 0 aromatic heterocycles. The summed E-state index contributed by atoms with van der Waals surface area (Å²) in [4.78, 5) is 1.37. The van der Waals surface area contributed by atoms with Gasteiger partial charge in [0.1, 0.15) is 0 Å². The predicted octanol–water partition coefficient (Wildman–Crippen LogP) is 5.30. The second kappa shape index (κ2) is 8.91. The molecule has 0 aliphatic rings. The summed E-state index contributed by atoms with van der Waals surface area (Å²) in [5, 5.41) is 2.97. The van der Waals surface area contributed by atoms with E-state index in [-0.39, 0.29) is 7.92 Å². The third-order valence-electron chi connectivity index (χ3n) is 3.67. The second-order valence-corrected chi connectivity index (χ2v) is 8.84. The fourth-order valence-corrected chi connectivity index (χ4v) is 5.99. The van der Waals surface area contributed by atoms with E-state index in [1.807, 2.05) is 11.8 Å². The van der Waals surface area contributed by atoms with Gasteiger partial charge >= 0.3 is 0 Å². The van der Waals surface area contributed by atoms with Gasteiger partial charge in [-0.3, -0.25) is 0 Å². The first-order chi connectivity index (χ1) is 11.4. The summed E-state index contributed by atoms with van der Waals surface area (Å²) in [6, 6.07) is 32.7. The summed E-state index contributed by atoms with van der Waals surface area (Å²) in [6.07, 6.45) is 2.50. The van der Waals surface area contributed by atoms with Crippen LogP contribution in [0.15, 0.2) is 95.9 Å². The van der Waals surface area contributed by atoms with Gasteiger partial charge in [-0.15, -0.1) is 11.8 Å². The van der Waals surface area contributed by atoms with Crippen molar-refractivity contribution < 1.29 is 0 Å². The Labute approximate surface area is 144 Å². The molecule has 0 atom stereocenters. The monoisotopic (exact) mass is 336 g/mol. The number of thioether (sulfide) groups is 1.